The van der Waals surface area contributed by atoms with Crippen molar-refractivity contribution in [3.63, 3.8) is 0 Å². The molecule has 0 saturated heterocycles. The Labute approximate surface area is 80.6 Å². The molecule has 0 aromatic carbocycles. The van der Waals surface area contributed by atoms with E-state index >= 15 is 0 Å². The second kappa shape index (κ2) is 4.66. The largest absolute Gasteiger partial charge is 0.498 e. The molecule has 0 spiro atoms. The van der Waals surface area contributed by atoms with Crippen molar-refractivity contribution in [2.75, 3.05) is 13.2 Å². The van der Waals surface area contributed by atoms with Gasteiger partial charge in [0.15, 0.2) is 0 Å². The van der Waals surface area contributed by atoms with E-state index in [1.165, 1.54) is 19.3 Å². The van der Waals surface area contributed by atoms with Crippen molar-refractivity contribution in [1.82, 2.24) is 0 Å². The van der Waals surface area contributed by atoms with Gasteiger partial charge in [-0.25, -0.2) is 0 Å². The summed E-state index contributed by atoms with van der Waals surface area (Å²) in [5.74, 6) is 0.749. The molecule has 1 N–H and O–H groups in total. The molecule has 0 aromatic rings. The van der Waals surface area contributed by atoms with Crippen LogP contribution < -0.4 is 0 Å². The molecule has 13 heavy (non-hydrogen) atoms. The van der Waals surface area contributed by atoms with E-state index in [1.807, 2.05) is 6.92 Å². The van der Waals surface area contributed by atoms with E-state index < -0.39 is 0 Å². The lowest BCUT2D eigenvalue weighted by Crippen LogP contribution is -2.33. The minimum Gasteiger partial charge on any atom is -0.498 e. The van der Waals surface area contributed by atoms with Gasteiger partial charge in [-0.1, -0.05) is 25.8 Å². The van der Waals surface area contributed by atoms with Gasteiger partial charge in [0.25, 0.3) is 0 Å². The fourth-order valence-corrected chi connectivity index (χ4v) is 1.93. The lowest BCUT2D eigenvalue weighted by Gasteiger charge is -2.35. The summed E-state index contributed by atoms with van der Waals surface area (Å²) in [6, 6.07) is 0. The Morgan fingerprint density at radius 2 is 2.00 bits per heavy atom. The smallest absolute Gasteiger partial charge is 0.0955 e. The van der Waals surface area contributed by atoms with Crippen molar-refractivity contribution in [3.8, 4) is 0 Å². The van der Waals surface area contributed by atoms with Crippen molar-refractivity contribution in [2.24, 2.45) is 5.41 Å². The number of aliphatic hydroxyl groups excluding tert-OH is 1. The molecule has 0 aliphatic heterocycles. The Kier molecular flexibility index (Phi) is 3.79. The SMILES string of the molecule is C=C(C)OCC1(CO)CCCCC1. The number of aliphatic hydroxyl groups is 1. The second-order valence-electron chi connectivity index (χ2n) is 4.21. The van der Waals surface area contributed by atoms with Crippen LogP contribution >= 0.6 is 0 Å². The first-order valence-corrected chi connectivity index (χ1v) is 5.08. The van der Waals surface area contributed by atoms with E-state index in [2.05, 4.69) is 6.58 Å². The van der Waals surface area contributed by atoms with Crippen LogP contribution in [0, 0.1) is 5.41 Å². The predicted octanol–water partition coefficient (Wildman–Crippen LogP) is 2.48. The Bertz CT molecular complexity index is 169. The molecule has 2 heteroatoms. The first-order valence-electron chi connectivity index (χ1n) is 5.08. The molecule has 0 heterocycles. The van der Waals surface area contributed by atoms with Crippen molar-refractivity contribution < 1.29 is 9.84 Å². The van der Waals surface area contributed by atoms with Gasteiger partial charge >= 0.3 is 0 Å². The van der Waals surface area contributed by atoms with Crippen LogP contribution in [0.15, 0.2) is 12.3 Å². The molecule has 0 radical (unpaired) electrons. The molecule has 1 aliphatic carbocycles. The van der Waals surface area contributed by atoms with Crippen molar-refractivity contribution in [1.29, 1.82) is 0 Å². The van der Waals surface area contributed by atoms with Gasteiger partial charge in [-0.2, -0.15) is 0 Å². The normalized spacial score (nSPS) is 21.1. The number of rotatable bonds is 4. The number of ether oxygens (including phenoxy) is 1. The van der Waals surface area contributed by atoms with Gasteiger partial charge in [0.1, 0.15) is 0 Å². The minimum atomic E-state index is 0.0250. The lowest BCUT2D eigenvalue weighted by molar-refractivity contribution is 0.00875. The number of hydrogen-bond donors (Lipinski definition) is 1. The molecule has 0 aromatic heterocycles. The third-order valence-corrected chi connectivity index (χ3v) is 2.87. The van der Waals surface area contributed by atoms with E-state index in [1.54, 1.807) is 0 Å². The molecule has 0 amide bonds. The fourth-order valence-electron chi connectivity index (χ4n) is 1.93. The molecule has 76 valence electrons. The highest BCUT2D eigenvalue weighted by molar-refractivity contribution is 4.84. The van der Waals surface area contributed by atoms with Gasteiger partial charge < -0.3 is 9.84 Å². The van der Waals surface area contributed by atoms with E-state index in [4.69, 9.17) is 4.74 Å². The van der Waals surface area contributed by atoms with Crippen LogP contribution in [0.5, 0.6) is 0 Å². The van der Waals surface area contributed by atoms with Gasteiger partial charge in [-0.15, -0.1) is 0 Å². The quantitative estimate of drug-likeness (QED) is 0.680. The number of hydrogen-bond acceptors (Lipinski definition) is 2. The molecule has 2 nitrogen and oxygen atoms in total. The van der Waals surface area contributed by atoms with E-state index in [-0.39, 0.29) is 12.0 Å². The molecular formula is C11H20O2. The molecule has 0 bridgehead atoms. The van der Waals surface area contributed by atoms with Crippen LogP contribution in [0.2, 0.25) is 0 Å². The van der Waals surface area contributed by atoms with Crippen LogP contribution in [0.3, 0.4) is 0 Å². The van der Waals surface area contributed by atoms with Crippen LogP contribution in [0.25, 0.3) is 0 Å². The van der Waals surface area contributed by atoms with Crippen LogP contribution in [-0.4, -0.2) is 18.3 Å². The molecule has 0 unspecified atom stereocenters. The monoisotopic (exact) mass is 184 g/mol. The topological polar surface area (TPSA) is 29.5 Å². The zero-order chi connectivity index (χ0) is 9.73. The van der Waals surface area contributed by atoms with Crippen molar-refractivity contribution >= 4 is 0 Å². The Morgan fingerprint density at radius 1 is 1.38 bits per heavy atom. The molecule has 0 atom stereocenters. The highest BCUT2D eigenvalue weighted by Crippen LogP contribution is 2.36. The third-order valence-electron chi connectivity index (χ3n) is 2.87. The maximum atomic E-state index is 9.34. The highest BCUT2D eigenvalue weighted by Gasteiger charge is 2.32. The molecule has 1 aliphatic rings. The van der Waals surface area contributed by atoms with Gasteiger partial charge in [0, 0.05) is 5.41 Å². The summed E-state index contributed by atoms with van der Waals surface area (Å²) in [5.41, 5.74) is 0.0250. The predicted molar refractivity (Wildman–Crippen MR) is 53.4 cm³/mol. The third kappa shape index (κ3) is 3.03. The summed E-state index contributed by atoms with van der Waals surface area (Å²) in [6.45, 7) is 6.44. The molecule has 1 fully saturated rings. The second-order valence-corrected chi connectivity index (χ2v) is 4.21. The summed E-state index contributed by atoms with van der Waals surface area (Å²) < 4.78 is 5.42. The average molecular weight is 184 g/mol. The maximum absolute atomic E-state index is 9.34. The van der Waals surface area contributed by atoms with Gasteiger partial charge in [-0.05, 0) is 19.8 Å². The van der Waals surface area contributed by atoms with E-state index in [9.17, 15) is 5.11 Å². The summed E-state index contributed by atoms with van der Waals surface area (Å²) >= 11 is 0. The zero-order valence-corrected chi connectivity index (χ0v) is 8.51. The van der Waals surface area contributed by atoms with Crippen LogP contribution in [-0.2, 0) is 4.74 Å². The Morgan fingerprint density at radius 3 is 2.46 bits per heavy atom. The van der Waals surface area contributed by atoms with Crippen LogP contribution in [0.4, 0.5) is 0 Å². The molecule has 1 rings (SSSR count). The summed E-state index contributed by atoms with van der Waals surface area (Å²) in [6.07, 6.45) is 5.93. The fraction of sp³-hybridized carbons (Fsp3) is 0.818. The molecular weight excluding hydrogens is 164 g/mol. The summed E-state index contributed by atoms with van der Waals surface area (Å²) in [4.78, 5) is 0. The summed E-state index contributed by atoms with van der Waals surface area (Å²) in [5, 5.41) is 9.34. The van der Waals surface area contributed by atoms with Gasteiger partial charge in [0.05, 0.1) is 19.0 Å². The minimum absolute atomic E-state index is 0.0250. The first kappa shape index (κ1) is 10.6. The van der Waals surface area contributed by atoms with Crippen molar-refractivity contribution in [2.45, 2.75) is 39.0 Å². The Hall–Kier alpha value is -0.500. The lowest BCUT2D eigenvalue weighted by atomic mass is 9.75. The maximum Gasteiger partial charge on any atom is 0.0955 e. The zero-order valence-electron chi connectivity index (χ0n) is 8.51. The average Bonchev–Trinajstić information content (AvgIpc) is 2.16. The Balaban J connectivity index is 2.42. The highest BCUT2D eigenvalue weighted by atomic mass is 16.5. The van der Waals surface area contributed by atoms with Crippen LogP contribution in [0.1, 0.15) is 39.0 Å². The summed E-state index contributed by atoms with van der Waals surface area (Å²) in [7, 11) is 0. The van der Waals surface area contributed by atoms with E-state index in [0.29, 0.717) is 6.61 Å². The first-order chi connectivity index (χ1) is 6.18. The van der Waals surface area contributed by atoms with Crippen molar-refractivity contribution in [3.05, 3.63) is 12.3 Å². The number of allylic oxidation sites excluding steroid dienone is 1. The van der Waals surface area contributed by atoms with E-state index in [0.717, 1.165) is 18.6 Å². The molecule has 1 saturated carbocycles. The standard InChI is InChI=1S/C11H20O2/c1-10(2)13-9-11(8-12)6-4-3-5-7-11/h12H,1,3-9H2,2H3. The van der Waals surface area contributed by atoms with Gasteiger partial charge in [-0.3, -0.25) is 0 Å². The van der Waals surface area contributed by atoms with Gasteiger partial charge in [0.2, 0.25) is 0 Å².